The number of aromatic amines is 1. The number of H-pyrrole nitrogens is 1. The lowest BCUT2D eigenvalue weighted by atomic mass is 9.98. The van der Waals surface area contributed by atoms with Crippen molar-refractivity contribution in [1.82, 2.24) is 20.1 Å². The van der Waals surface area contributed by atoms with Gasteiger partial charge in [-0.25, -0.2) is 14.4 Å². The second-order valence-electron chi connectivity index (χ2n) is 12.0. The zero-order chi connectivity index (χ0) is 31.9. The van der Waals surface area contributed by atoms with Gasteiger partial charge in [0.25, 0.3) is 5.56 Å². The lowest BCUT2D eigenvalue weighted by molar-refractivity contribution is -0.204. The van der Waals surface area contributed by atoms with Crippen LogP contribution in [0.1, 0.15) is 57.4 Å². The van der Waals surface area contributed by atoms with Gasteiger partial charge in [0, 0.05) is 5.92 Å². The van der Waals surface area contributed by atoms with Gasteiger partial charge in [0.15, 0.2) is 12.0 Å². The van der Waals surface area contributed by atoms with Gasteiger partial charge in [-0.2, -0.15) is 9.78 Å². The van der Waals surface area contributed by atoms with E-state index < -0.39 is 59.7 Å². The molecule has 0 unspecified atom stereocenters. The van der Waals surface area contributed by atoms with Crippen LogP contribution in [-0.2, 0) is 28.5 Å². The summed E-state index contributed by atoms with van der Waals surface area (Å²) in [4.78, 5) is 52.5. The number of benzene rings is 2. The number of nitrogens with one attached hydrogen (secondary N) is 2. The van der Waals surface area contributed by atoms with Crippen molar-refractivity contribution in [3.8, 4) is 11.1 Å². The van der Waals surface area contributed by atoms with E-state index in [1.54, 1.807) is 13.8 Å². The van der Waals surface area contributed by atoms with Crippen LogP contribution in [0, 0.1) is 5.92 Å². The first kappa shape index (κ1) is 30.7. The molecule has 0 spiro atoms. The predicted molar refractivity (Wildman–Crippen MR) is 159 cm³/mol. The minimum atomic E-state index is -1.03. The molecule has 0 bridgehead atoms. The number of hydrogen-bond donors (Lipinski definition) is 2. The number of esters is 1. The monoisotopic (exact) mass is 620 g/mol. The van der Waals surface area contributed by atoms with Gasteiger partial charge >= 0.3 is 17.8 Å². The highest BCUT2D eigenvalue weighted by Crippen LogP contribution is 2.45. The van der Waals surface area contributed by atoms with Crippen molar-refractivity contribution in [1.29, 1.82) is 0 Å². The maximum atomic E-state index is 13.4. The van der Waals surface area contributed by atoms with Crippen LogP contribution in [0.5, 0.6) is 0 Å². The van der Waals surface area contributed by atoms with Gasteiger partial charge in [-0.3, -0.25) is 9.78 Å². The van der Waals surface area contributed by atoms with Crippen molar-refractivity contribution < 1.29 is 33.3 Å². The fraction of sp³-hybridized carbons (Fsp3) is 0.469. The Morgan fingerprint density at radius 2 is 1.64 bits per heavy atom. The molecule has 2 aliphatic heterocycles. The first-order valence-electron chi connectivity index (χ1n) is 15.0. The summed E-state index contributed by atoms with van der Waals surface area (Å²) in [6, 6.07) is 15.1. The highest BCUT2D eigenvalue weighted by Gasteiger charge is 2.57. The van der Waals surface area contributed by atoms with Gasteiger partial charge in [0.1, 0.15) is 43.8 Å². The summed E-state index contributed by atoms with van der Waals surface area (Å²) in [7, 11) is 0. The van der Waals surface area contributed by atoms with Crippen LogP contribution in [0.25, 0.3) is 11.1 Å². The molecule has 2 aromatic carbocycles. The predicted octanol–water partition coefficient (Wildman–Crippen LogP) is 2.85. The average Bonchev–Trinajstić information content (AvgIpc) is 3.63. The molecule has 1 aromatic heterocycles. The summed E-state index contributed by atoms with van der Waals surface area (Å²) in [6.45, 7) is 7.03. The summed E-state index contributed by atoms with van der Waals surface area (Å²) in [5.74, 6) is -2.06. The Balaban J connectivity index is 1.10. The summed E-state index contributed by atoms with van der Waals surface area (Å²) >= 11 is 0. The van der Waals surface area contributed by atoms with Crippen molar-refractivity contribution >= 4 is 12.1 Å². The zero-order valence-corrected chi connectivity index (χ0v) is 25.4. The molecule has 6 atom stereocenters. The van der Waals surface area contributed by atoms with Crippen molar-refractivity contribution in [3.05, 3.63) is 86.7 Å². The number of ether oxygens (including phenoxy) is 5. The Kier molecular flexibility index (Phi) is 8.33. The Morgan fingerprint density at radius 3 is 2.29 bits per heavy atom. The Bertz CT molecular complexity index is 1660. The average molecular weight is 621 g/mol. The summed E-state index contributed by atoms with van der Waals surface area (Å²) in [6.07, 6.45) is -2.50. The van der Waals surface area contributed by atoms with Crippen molar-refractivity contribution in [3.63, 3.8) is 0 Å². The molecule has 2 N–H and O–H groups in total. The molecule has 1 aliphatic carbocycles. The lowest BCUT2D eigenvalue weighted by Crippen LogP contribution is -2.47. The molecule has 3 aromatic rings. The Morgan fingerprint density at radius 1 is 1.00 bits per heavy atom. The molecule has 2 saturated heterocycles. The number of aromatic nitrogens is 3. The SMILES string of the molecule is CC[C@@H](C)[C@@H](NC(=O)OCC1c2ccccc2-c2ccccc21)C(=O)OC[C@H]1O[C@@H](n2ncc(=O)[nH]c2=O)[C@@H]2OC(C)(C)O[C@@H]21. The van der Waals surface area contributed by atoms with Crippen LogP contribution in [0.4, 0.5) is 4.79 Å². The van der Waals surface area contributed by atoms with Gasteiger partial charge in [0.2, 0.25) is 0 Å². The minimum absolute atomic E-state index is 0.105. The third-order valence-corrected chi connectivity index (χ3v) is 8.58. The van der Waals surface area contributed by atoms with Crippen LogP contribution >= 0.6 is 0 Å². The molecular formula is C32H36N4O9. The second kappa shape index (κ2) is 12.2. The van der Waals surface area contributed by atoms with Gasteiger partial charge < -0.3 is 29.0 Å². The van der Waals surface area contributed by atoms with E-state index in [4.69, 9.17) is 23.7 Å². The molecule has 13 heteroatoms. The highest BCUT2D eigenvalue weighted by molar-refractivity contribution is 5.82. The van der Waals surface area contributed by atoms with E-state index in [-0.39, 0.29) is 25.0 Å². The van der Waals surface area contributed by atoms with Crippen molar-refractivity contribution in [2.45, 2.75) is 76.4 Å². The maximum absolute atomic E-state index is 13.4. The van der Waals surface area contributed by atoms with Crippen molar-refractivity contribution in [2.75, 3.05) is 13.2 Å². The zero-order valence-electron chi connectivity index (χ0n) is 25.4. The van der Waals surface area contributed by atoms with Gasteiger partial charge in [-0.05, 0) is 42.0 Å². The number of hydrogen-bond acceptors (Lipinski definition) is 10. The molecule has 45 heavy (non-hydrogen) atoms. The molecule has 6 rings (SSSR count). The molecule has 3 heterocycles. The van der Waals surface area contributed by atoms with Crippen LogP contribution in [-0.4, -0.2) is 70.2 Å². The number of rotatable bonds is 9. The minimum Gasteiger partial charge on any atom is -0.461 e. The van der Waals surface area contributed by atoms with Crippen molar-refractivity contribution in [2.24, 2.45) is 5.92 Å². The summed E-state index contributed by atoms with van der Waals surface area (Å²) in [5, 5.41) is 6.59. The molecule has 13 nitrogen and oxygen atoms in total. The van der Waals surface area contributed by atoms with Crippen LogP contribution in [0.3, 0.4) is 0 Å². The molecule has 238 valence electrons. The normalized spacial score (nSPS) is 24.3. The Labute approximate surface area is 258 Å². The van der Waals surface area contributed by atoms with Gasteiger partial charge in [-0.1, -0.05) is 68.8 Å². The second-order valence-corrected chi connectivity index (χ2v) is 12.0. The quantitative estimate of drug-likeness (QED) is 0.341. The third kappa shape index (κ3) is 6.02. The number of alkyl carbamates (subject to hydrolysis) is 1. The van der Waals surface area contributed by atoms with E-state index in [1.165, 1.54) is 0 Å². The molecule has 1 amide bonds. The van der Waals surface area contributed by atoms with E-state index in [9.17, 15) is 19.2 Å². The van der Waals surface area contributed by atoms with E-state index >= 15 is 0 Å². The molecule has 2 fully saturated rings. The number of nitrogens with zero attached hydrogens (tertiary/aromatic N) is 2. The molecule has 0 radical (unpaired) electrons. The van der Waals surface area contributed by atoms with E-state index in [0.717, 1.165) is 33.1 Å². The number of amides is 1. The summed E-state index contributed by atoms with van der Waals surface area (Å²) in [5.41, 5.74) is 2.96. The summed E-state index contributed by atoms with van der Waals surface area (Å²) < 4.78 is 30.3. The third-order valence-electron chi connectivity index (χ3n) is 8.58. The van der Waals surface area contributed by atoms with Crippen LogP contribution < -0.4 is 16.6 Å². The standard InChI is InChI=1S/C32H36N4O9/c1-5-17(2)25(35-31(40)42-15-22-20-12-8-6-10-18(20)19-11-7-9-13-21(19)22)29(38)41-16-23-26-27(45-32(3,4)44-26)28(43-23)36-30(39)34-24(37)14-33-36/h6-14,17,22-23,25-28H,5,15-16H2,1-4H3,(H,35,40)(H,34,37,39)/t17-,23-,25-,26-,27-,28-/m1/s1. The highest BCUT2D eigenvalue weighted by atomic mass is 16.8. The van der Waals surface area contributed by atoms with Gasteiger partial charge in [-0.15, -0.1) is 0 Å². The van der Waals surface area contributed by atoms with Crippen LogP contribution in [0.2, 0.25) is 0 Å². The van der Waals surface area contributed by atoms with Crippen LogP contribution in [0.15, 0.2) is 64.3 Å². The molecule has 0 saturated carbocycles. The lowest BCUT2D eigenvalue weighted by Gasteiger charge is -2.26. The first-order chi connectivity index (χ1) is 21.6. The topological polar surface area (TPSA) is 160 Å². The first-order valence-corrected chi connectivity index (χ1v) is 15.0. The molecule has 3 aliphatic rings. The fourth-order valence-electron chi connectivity index (χ4n) is 6.22. The number of carbonyl (C=O) groups is 2. The fourth-order valence-corrected chi connectivity index (χ4v) is 6.22. The van der Waals surface area contributed by atoms with E-state index in [2.05, 4.69) is 27.5 Å². The van der Waals surface area contributed by atoms with Gasteiger partial charge in [0.05, 0.1) is 0 Å². The maximum Gasteiger partial charge on any atom is 0.407 e. The number of fused-ring (bicyclic) bond motifs is 4. The van der Waals surface area contributed by atoms with E-state index in [1.807, 2.05) is 50.2 Å². The largest absolute Gasteiger partial charge is 0.461 e. The smallest absolute Gasteiger partial charge is 0.407 e. The Hall–Kier alpha value is -4.33. The molecular weight excluding hydrogens is 584 g/mol. The number of carbonyl (C=O) groups excluding carboxylic acids is 2. The van der Waals surface area contributed by atoms with E-state index in [0.29, 0.717) is 6.42 Å².